The number of allylic oxidation sites excluding steroid dienone is 4. The molecule has 0 nitrogen and oxygen atoms in total. The van der Waals surface area contributed by atoms with Crippen LogP contribution in [0.3, 0.4) is 0 Å². The third-order valence-electron chi connectivity index (χ3n) is 2.64. The maximum absolute atomic E-state index is 2.28. The molecule has 1 aliphatic rings. The van der Waals surface area contributed by atoms with Crippen molar-refractivity contribution in [2.75, 3.05) is 0 Å². The molecular formula is C9H15Cl2Ti. The standard InChI is InChI=1S/C9H13.2ClH.Ti/c1-6-5-7(2)9(4)8(6)3;;;/h6H,1-4H3;2*1H;. The van der Waals surface area contributed by atoms with Crippen LogP contribution in [-0.4, -0.2) is 0 Å². The molecular weight excluding hydrogens is 227 g/mol. The molecule has 12 heavy (non-hydrogen) atoms. The summed E-state index contributed by atoms with van der Waals surface area (Å²) in [6.45, 7) is 8.96. The van der Waals surface area contributed by atoms with Crippen LogP contribution in [-0.2, 0) is 20.4 Å². The van der Waals surface area contributed by atoms with Crippen LogP contribution in [0.1, 0.15) is 27.7 Å². The van der Waals surface area contributed by atoms with Crippen molar-refractivity contribution >= 4 is 24.8 Å². The van der Waals surface area contributed by atoms with Gasteiger partial charge in [0.05, 0.1) is 0 Å². The molecule has 3 heteroatoms. The van der Waals surface area contributed by atoms with E-state index < -0.39 is 0 Å². The summed E-state index contributed by atoms with van der Waals surface area (Å²) in [7, 11) is 0. The van der Waals surface area contributed by atoms with Crippen LogP contribution < -0.4 is 0 Å². The fourth-order valence-corrected chi connectivity index (χ4v) is 1.99. The first-order valence-corrected chi connectivity index (χ1v) is 4.44. The molecule has 0 fully saturated rings. The van der Waals surface area contributed by atoms with Crippen molar-refractivity contribution < 1.29 is 20.4 Å². The van der Waals surface area contributed by atoms with Gasteiger partial charge >= 0.3 is 74.6 Å². The summed E-state index contributed by atoms with van der Waals surface area (Å²) < 4.78 is 1.55. The molecule has 1 atom stereocenters. The number of hydrogen-bond acceptors (Lipinski definition) is 0. The first-order chi connectivity index (χ1) is 4.55. The van der Waals surface area contributed by atoms with Crippen molar-refractivity contribution in [3.63, 3.8) is 0 Å². The van der Waals surface area contributed by atoms with Gasteiger partial charge in [0.25, 0.3) is 0 Å². The van der Waals surface area contributed by atoms with Crippen molar-refractivity contribution in [2.24, 2.45) is 5.92 Å². The van der Waals surface area contributed by atoms with Gasteiger partial charge in [-0.1, -0.05) is 0 Å². The van der Waals surface area contributed by atoms with Gasteiger partial charge in [-0.2, -0.15) is 0 Å². The Labute approximate surface area is 99.1 Å². The van der Waals surface area contributed by atoms with Crippen molar-refractivity contribution in [3.8, 4) is 0 Å². The van der Waals surface area contributed by atoms with E-state index in [9.17, 15) is 0 Å². The second-order valence-electron chi connectivity index (χ2n) is 3.07. The van der Waals surface area contributed by atoms with Crippen LogP contribution in [0.5, 0.6) is 0 Å². The molecule has 1 unspecified atom stereocenters. The number of halogens is 2. The van der Waals surface area contributed by atoms with Crippen molar-refractivity contribution in [1.82, 2.24) is 0 Å². The molecule has 1 rings (SSSR count). The molecule has 0 bridgehead atoms. The van der Waals surface area contributed by atoms with E-state index in [-0.39, 0.29) is 24.8 Å². The number of rotatable bonds is 0. The molecule has 0 aromatic rings. The van der Waals surface area contributed by atoms with E-state index in [1.165, 1.54) is 11.1 Å². The first-order valence-electron chi connectivity index (χ1n) is 3.65. The summed E-state index contributed by atoms with van der Waals surface area (Å²) in [6.07, 6.45) is 0. The van der Waals surface area contributed by atoms with E-state index in [1.54, 1.807) is 9.45 Å². The Balaban J connectivity index is 0. The van der Waals surface area contributed by atoms with E-state index in [0.717, 1.165) is 0 Å². The molecule has 0 saturated carbocycles. The van der Waals surface area contributed by atoms with Gasteiger partial charge in [0.1, 0.15) is 0 Å². The third kappa shape index (κ3) is 2.39. The molecule has 0 amide bonds. The molecule has 0 N–H and O–H groups in total. The molecule has 0 saturated heterocycles. The second-order valence-corrected chi connectivity index (χ2v) is 3.91. The predicted molar refractivity (Wildman–Crippen MR) is 54.7 cm³/mol. The minimum atomic E-state index is 0. The van der Waals surface area contributed by atoms with Crippen LogP contribution in [0.15, 0.2) is 20.6 Å². The minimum absolute atomic E-state index is 0. The number of hydrogen-bond donors (Lipinski definition) is 0. The van der Waals surface area contributed by atoms with Gasteiger partial charge in [0.15, 0.2) is 0 Å². The maximum atomic E-state index is 2.28. The topological polar surface area (TPSA) is 0 Å². The zero-order valence-corrected chi connectivity index (χ0v) is 11.1. The summed E-state index contributed by atoms with van der Waals surface area (Å²) in [5.74, 6) is 0.694. The van der Waals surface area contributed by atoms with Gasteiger partial charge in [0, 0.05) is 0 Å². The average molecular weight is 242 g/mol. The molecule has 0 aromatic heterocycles. The monoisotopic (exact) mass is 241 g/mol. The van der Waals surface area contributed by atoms with E-state index in [0.29, 0.717) is 5.92 Å². The van der Waals surface area contributed by atoms with Crippen LogP contribution in [0.2, 0.25) is 0 Å². The Bertz CT molecular complexity index is 205. The van der Waals surface area contributed by atoms with Gasteiger partial charge in [0.2, 0.25) is 0 Å². The van der Waals surface area contributed by atoms with Gasteiger partial charge in [-0.3, -0.25) is 0 Å². The van der Waals surface area contributed by atoms with Gasteiger partial charge < -0.3 is 0 Å². The summed E-state index contributed by atoms with van der Waals surface area (Å²) >= 11 is 2.24. The Kier molecular flexibility index (Phi) is 6.98. The quantitative estimate of drug-likeness (QED) is 0.569. The average Bonchev–Trinajstić information content (AvgIpc) is 2.07. The maximum Gasteiger partial charge on any atom is -0.147 e. The molecule has 0 aliphatic heterocycles. The zero-order valence-electron chi connectivity index (χ0n) is 7.89. The van der Waals surface area contributed by atoms with Crippen molar-refractivity contribution in [2.45, 2.75) is 27.7 Å². The molecule has 0 aromatic carbocycles. The SMILES string of the molecule is CC1=C(C)C(C)[C]([Ti])=C1C.Cl.Cl. The summed E-state index contributed by atoms with van der Waals surface area (Å²) in [5, 5.41) is 0. The van der Waals surface area contributed by atoms with E-state index in [1.807, 2.05) is 0 Å². The van der Waals surface area contributed by atoms with Crippen LogP contribution in [0.25, 0.3) is 0 Å². The van der Waals surface area contributed by atoms with E-state index in [2.05, 4.69) is 48.1 Å². The fraction of sp³-hybridized carbons (Fsp3) is 0.556. The normalized spacial score (nSPS) is 22.1. The van der Waals surface area contributed by atoms with E-state index in [4.69, 9.17) is 0 Å². The minimum Gasteiger partial charge on any atom is -0.147 e. The van der Waals surface area contributed by atoms with Crippen LogP contribution in [0.4, 0.5) is 0 Å². The van der Waals surface area contributed by atoms with Crippen LogP contribution in [0, 0.1) is 5.92 Å². The van der Waals surface area contributed by atoms with Gasteiger partial charge in [-0.05, 0) is 0 Å². The molecule has 69 valence electrons. The van der Waals surface area contributed by atoms with E-state index >= 15 is 0 Å². The Morgan fingerprint density at radius 2 is 1.42 bits per heavy atom. The van der Waals surface area contributed by atoms with Crippen molar-refractivity contribution in [3.05, 3.63) is 20.6 Å². The Morgan fingerprint density at radius 3 is 1.50 bits per heavy atom. The summed E-state index contributed by atoms with van der Waals surface area (Å²) in [5.41, 5.74) is 4.56. The largest absolute Gasteiger partial charge is 0.147 e. The van der Waals surface area contributed by atoms with Gasteiger partial charge in [-0.25, -0.2) is 0 Å². The molecule has 0 heterocycles. The third-order valence-corrected chi connectivity index (χ3v) is 3.90. The zero-order chi connectivity index (χ0) is 7.89. The Hall–Kier alpha value is 0.774. The van der Waals surface area contributed by atoms with Gasteiger partial charge in [-0.15, -0.1) is 24.8 Å². The fourth-order valence-electron chi connectivity index (χ4n) is 1.36. The second kappa shape index (κ2) is 5.49. The smallest absolute Gasteiger partial charge is 0.147 e. The summed E-state index contributed by atoms with van der Waals surface area (Å²) in [6, 6.07) is 0. The van der Waals surface area contributed by atoms with Crippen LogP contribution >= 0.6 is 24.8 Å². The predicted octanol–water partition coefficient (Wildman–Crippen LogP) is 3.64. The van der Waals surface area contributed by atoms with Crippen molar-refractivity contribution in [1.29, 1.82) is 0 Å². The summed E-state index contributed by atoms with van der Waals surface area (Å²) in [4.78, 5) is 0. The first kappa shape index (κ1) is 15.3. The molecule has 1 aliphatic carbocycles. The Morgan fingerprint density at radius 1 is 1.00 bits per heavy atom. The molecule has 0 radical (unpaired) electrons. The molecule has 0 spiro atoms.